The number of pyridine rings is 1. The van der Waals surface area contributed by atoms with Crippen LogP contribution < -0.4 is 16.0 Å². The Hall–Kier alpha value is -4.00. The summed E-state index contributed by atoms with van der Waals surface area (Å²) in [5.74, 6) is -0.625. The quantitative estimate of drug-likeness (QED) is 0.502. The minimum Gasteiger partial charge on any atom is -0.352 e. The molecule has 7 heteroatoms. The number of hydrogen-bond donors (Lipinski definition) is 3. The van der Waals surface area contributed by atoms with E-state index in [1.807, 2.05) is 6.07 Å². The van der Waals surface area contributed by atoms with Gasteiger partial charge in [-0.3, -0.25) is 19.4 Å². The third-order valence-electron chi connectivity index (χ3n) is 4.25. The van der Waals surface area contributed by atoms with Crippen LogP contribution in [-0.2, 0) is 4.79 Å². The topological polar surface area (TPSA) is 100 Å². The number of nitrogens with one attached hydrogen (secondary N) is 3. The van der Waals surface area contributed by atoms with Crippen molar-refractivity contribution in [1.82, 2.24) is 10.3 Å². The summed E-state index contributed by atoms with van der Waals surface area (Å²) in [5.41, 5.74) is 2.20. The Bertz CT molecular complexity index is 1010. The molecule has 7 nitrogen and oxygen atoms in total. The molecule has 0 aliphatic carbocycles. The molecule has 0 atom stereocenters. The van der Waals surface area contributed by atoms with Crippen molar-refractivity contribution in [3.8, 4) is 0 Å². The van der Waals surface area contributed by atoms with Gasteiger partial charge in [-0.05, 0) is 48.9 Å². The minimum absolute atomic E-state index is 0.163. The van der Waals surface area contributed by atoms with E-state index in [9.17, 15) is 14.4 Å². The SMILES string of the molecule is O=C(CCCNC(=O)c1ccccc1)Nc1cccc(C(=O)Nc2ccncc2)c1. The van der Waals surface area contributed by atoms with Crippen molar-refractivity contribution >= 4 is 29.1 Å². The molecule has 1 aromatic heterocycles. The summed E-state index contributed by atoms with van der Waals surface area (Å²) in [6.07, 6.45) is 3.94. The van der Waals surface area contributed by atoms with Crippen LogP contribution in [0.5, 0.6) is 0 Å². The van der Waals surface area contributed by atoms with E-state index in [-0.39, 0.29) is 24.1 Å². The van der Waals surface area contributed by atoms with Gasteiger partial charge in [-0.15, -0.1) is 0 Å². The Morgan fingerprint density at radius 1 is 0.733 bits per heavy atom. The van der Waals surface area contributed by atoms with Crippen LogP contribution in [0.3, 0.4) is 0 Å². The predicted octanol–water partition coefficient (Wildman–Crippen LogP) is 3.48. The molecule has 0 fully saturated rings. The van der Waals surface area contributed by atoms with E-state index in [0.717, 1.165) is 0 Å². The molecule has 0 aliphatic rings. The van der Waals surface area contributed by atoms with Crippen molar-refractivity contribution in [2.45, 2.75) is 12.8 Å². The number of benzene rings is 2. The second kappa shape index (κ2) is 10.5. The van der Waals surface area contributed by atoms with Crippen LogP contribution in [0.2, 0.25) is 0 Å². The molecule has 3 aromatic rings. The molecule has 3 N–H and O–H groups in total. The van der Waals surface area contributed by atoms with Crippen LogP contribution in [0.15, 0.2) is 79.1 Å². The van der Waals surface area contributed by atoms with E-state index in [1.54, 1.807) is 73.1 Å². The zero-order valence-corrected chi connectivity index (χ0v) is 16.3. The number of nitrogens with zero attached hydrogens (tertiary/aromatic N) is 1. The molecule has 0 unspecified atom stereocenters. The van der Waals surface area contributed by atoms with Gasteiger partial charge in [-0.1, -0.05) is 24.3 Å². The summed E-state index contributed by atoms with van der Waals surface area (Å²) in [6, 6.07) is 19.0. The molecule has 0 spiro atoms. The average molecular weight is 402 g/mol. The Kier molecular flexibility index (Phi) is 7.27. The maximum absolute atomic E-state index is 12.4. The summed E-state index contributed by atoms with van der Waals surface area (Å²) >= 11 is 0. The van der Waals surface area contributed by atoms with Crippen molar-refractivity contribution in [2.24, 2.45) is 0 Å². The smallest absolute Gasteiger partial charge is 0.255 e. The largest absolute Gasteiger partial charge is 0.352 e. The first kappa shape index (κ1) is 20.7. The molecular formula is C23H22N4O3. The van der Waals surface area contributed by atoms with Gasteiger partial charge < -0.3 is 16.0 Å². The third kappa shape index (κ3) is 6.27. The van der Waals surface area contributed by atoms with Gasteiger partial charge in [-0.25, -0.2) is 0 Å². The summed E-state index contributed by atoms with van der Waals surface area (Å²) in [6.45, 7) is 0.398. The van der Waals surface area contributed by atoms with Crippen LogP contribution in [0.25, 0.3) is 0 Å². The van der Waals surface area contributed by atoms with Crippen molar-refractivity contribution < 1.29 is 14.4 Å². The Balaban J connectivity index is 1.44. The van der Waals surface area contributed by atoms with Gasteiger partial charge >= 0.3 is 0 Å². The van der Waals surface area contributed by atoms with Crippen molar-refractivity contribution in [3.63, 3.8) is 0 Å². The first-order valence-electron chi connectivity index (χ1n) is 9.56. The van der Waals surface area contributed by atoms with Crippen LogP contribution in [0.4, 0.5) is 11.4 Å². The molecule has 30 heavy (non-hydrogen) atoms. The van der Waals surface area contributed by atoms with Gasteiger partial charge in [0.25, 0.3) is 11.8 Å². The molecule has 1 heterocycles. The number of hydrogen-bond acceptors (Lipinski definition) is 4. The zero-order chi connectivity index (χ0) is 21.2. The summed E-state index contributed by atoms with van der Waals surface area (Å²) < 4.78 is 0. The standard InChI is InChI=1S/C23H22N4O3/c28-21(10-5-13-25-22(29)17-6-2-1-3-7-17)26-20-9-4-8-18(16-20)23(30)27-19-11-14-24-15-12-19/h1-4,6-9,11-12,14-16H,5,10,13H2,(H,25,29)(H,26,28)(H,24,27,30). The Morgan fingerprint density at radius 3 is 2.23 bits per heavy atom. The van der Waals surface area contributed by atoms with E-state index < -0.39 is 0 Å². The third-order valence-corrected chi connectivity index (χ3v) is 4.25. The fourth-order valence-electron chi connectivity index (χ4n) is 2.74. The van der Waals surface area contributed by atoms with Crippen LogP contribution in [-0.4, -0.2) is 29.3 Å². The highest BCUT2D eigenvalue weighted by Gasteiger charge is 2.09. The number of amides is 3. The van der Waals surface area contributed by atoms with E-state index in [1.165, 1.54) is 0 Å². The lowest BCUT2D eigenvalue weighted by Crippen LogP contribution is -2.25. The highest BCUT2D eigenvalue weighted by molar-refractivity contribution is 6.05. The molecule has 0 radical (unpaired) electrons. The normalized spacial score (nSPS) is 10.1. The highest BCUT2D eigenvalue weighted by atomic mass is 16.2. The zero-order valence-electron chi connectivity index (χ0n) is 16.3. The number of carbonyl (C=O) groups is 3. The molecule has 0 saturated carbocycles. The van der Waals surface area contributed by atoms with E-state index >= 15 is 0 Å². The molecule has 3 amide bonds. The van der Waals surface area contributed by atoms with E-state index in [0.29, 0.717) is 35.5 Å². The van der Waals surface area contributed by atoms with Gasteiger partial charge in [0.05, 0.1) is 0 Å². The Labute approximate surface area is 174 Å². The van der Waals surface area contributed by atoms with E-state index in [2.05, 4.69) is 20.9 Å². The lowest BCUT2D eigenvalue weighted by Gasteiger charge is -2.09. The van der Waals surface area contributed by atoms with Gasteiger partial charge in [-0.2, -0.15) is 0 Å². The maximum Gasteiger partial charge on any atom is 0.255 e. The number of rotatable bonds is 8. The minimum atomic E-state index is -0.277. The molecule has 0 aliphatic heterocycles. The van der Waals surface area contributed by atoms with Gasteiger partial charge in [0.1, 0.15) is 0 Å². The predicted molar refractivity (Wildman–Crippen MR) is 115 cm³/mol. The second-order valence-electron chi connectivity index (χ2n) is 6.54. The van der Waals surface area contributed by atoms with Gasteiger partial charge in [0, 0.05) is 47.9 Å². The molecule has 2 aromatic carbocycles. The first-order chi connectivity index (χ1) is 14.6. The van der Waals surface area contributed by atoms with Crippen LogP contribution in [0.1, 0.15) is 33.6 Å². The molecule has 0 saturated heterocycles. The number of aromatic nitrogens is 1. The summed E-state index contributed by atoms with van der Waals surface area (Å²) in [4.78, 5) is 40.4. The monoisotopic (exact) mass is 402 g/mol. The lowest BCUT2D eigenvalue weighted by molar-refractivity contribution is -0.116. The Morgan fingerprint density at radius 2 is 1.47 bits per heavy atom. The average Bonchev–Trinajstić information content (AvgIpc) is 2.78. The summed E-state index contributed by atoms with van der Waals surface area (Å²) in [5, 5.41) is 8.34. The van der Waals surface area contributed by atoms with Crippen molar-refractivity contribution in [3.05, 3.63) is 90.3 Å². The molecule has 0 bridgehead atoms. The fourth-order valence-corrected chi connectivity index (χ4v) is 2.74. The van der Waals surface area contributed by atoms with Crippen molar-refractivity contribution in [1.29, 1.82) is 0 Å². The molecule has 3 rings (SSSR count). The second-order valence-corrected chi connectivity index (χ2v) is 6.54. The van der Waals surface area contributed by atoms with Gasteiger partial charge in [0.2, 0.25) is 5.91 Å². The molecular weight excluding hydrogens is 380 g/mol. The number of carbonyl (C=O) groups excluding carboxylic acids is 3. The fraction of sp³-hybridized carbons (Fsp3) is 0.130. The van der Waals surface area contributed by atoms with Crippen molar-refractivity contribution in [2.75, 3.05) is 17.2 Å². The maximum atomic E-state index is 12.4. The first-order valence-corrected chi connectivity index (χ1v) is 9.56. The molecule has 152 valence electrons. The number of anilines is 2. The van der Waals surface area contributed by atoms with Crippen LogP contribution in [0, 0.1) is 0 Å². The lowest BCUT2D eigenvalue weighted by atomic mass is 10.1. The van der Waals surface area contributed by atoms with E-state index in [4.69, 9.17) is 0 Å². The van der Waals surface area contributed by atoms with Crippen LogP contribution >= 0.6 is 0 Å². The highest BCUT2D eigenvalue weighted by Crippen LogP contribution is 2.13. The van der Waals surface area contributed by atoms with Gasteiger partial charge in [0.15, 0.2) is 0 Å². The summed E-state index contributed by atoms with van der Waals surface area (Å²) in [7, 11) is 0.